The molecule has 1 heterocycles. The molecule has 0 radical (unpaired) electrons. The maximum absolute atomic E-state index is 12.6. The summed E-state index contributed by atoms with van der Waals surface area (Å²) in [5.41, 5.74) is 0.632. The molecule has 0 aliphatic carbocycles. The van der Waals surface area contributed by atoms with Gasteiger partial charge in [0.15, 0.2) is 0 Å². The van der Waals surface area contributed by atoms with Crippen molar-refractivity contribution < 1.29 is 4.79 Å². The van der Waals surface area contributed by atoms with Gasteiger partial charge in [-0.25, -0.2) is 0 Å². The zero-order valence-corrected chi connectivity index (χ0v) is 14.2. The fourth-order valence-electron chi connectivity index (χ4n) is 2.65. The van der Waals surface area contributed by atoms with Crippen LogP contribution in [0.4, 0.5) is 5.69 Å². The number of hydrogen-bond acceptors (Lipinski definition) is 2. The zero-order chi connectivity index (χ0) is 15.4. The first-order valence-electron chi connectivity index (χ1n) is 7.19. The summed E-state index contributed by atoms with van der Waals surface area (Å²) in [6.45, 7) is 4.45. The van der Waals surface area contributed by atoms with Crippen LogP contribution < -0.4 is 10.2 Å². The average molecular weight is 350 g/mol. The first-order valence-corrected chi connectivity index (χ1v) is 8.32. The molecule has 1 N–H and O–H groups in total. The van der Waals surface area contributed by atoms with Gasteiger partial charge in [0, 0.05) is 13.0 Å². The lowest BCUT2D eigenvalue weighted by Gasteiger charge is -2.27. The molecule has 0 atom stereocenters. The van der Waals surface area contributed by atoms with Gasteiger partial charge in [0.05, 0.1) is 20.8 Å². The van der Waals surface area contributed by atoms with E-state index in [1.165, 1.54) is 0 Å². The molecule has 116 valence electrons. The van der Waals surface area contributed by atoms with E-state index in [0.29, 0.717) is 39.6 Å². The van der Waals surface area contributed by atoms with Crippen molar-refractivity contribution in [3.05, 3.63) is 27.2 Å². The normalized spacial score (nSPS) is 16.0. The number of piperidine rings is 1. The Hall–Kier alpha value is -0.480. The molecule has 6 heteroatoms. The maximum atomic E-state index is 12.6. The summed E-state index contributed by atoms with van der Waals surface area (Å²) in [6, 6.07) is 3.42. The monoisotopic (exact) mass is 348 g/mol. The Morgan fingerprint density at radius 3 is 2.52 bits per heavy atom. The first-order chi connectivity index (χ1) is 10.0. The number of nitrogens with zero attached hydrogens (tertiary/aromatic N) is 1. The van der Waals surface area contributed by atoms with Crippen molar-refractivity contribution in [2.75, 3.05) is 24.5 Å². The zero-order valence-electron chi connectivity index (χ0n) is 12.0. The van der Waals surface area contributed by atoms with Gasteiger partial charge in [-0.05, 0) is 50.9 Å². The smallest absolute Gasteiger partial charge is 0.227 e. The van der Waals surface area contributed by atoms with Crippen LogP contribution in [0, 0.1) is 5.92 Å². The summed E-state index contributed by atoms with van der Waals surface area (Å²) in [5.74, 6) is 0.527. The van der Waals surface area contributed by atoms with Crippen molar-refractivity contribution in [2.45, 2.75) is 26.2 Å². The van der Waals surface area contributed by atoms with Crippen molar-refractivity contribution in [2.24, 2.45) is 5.92 Å². The average Bonchev–Trinajstić information content (AvgIpc) is 2.49. The Balaban J connectivity index is 2.15. The predicted molar refractivity (Wildman–Crippen MR) is 89.7 cm³/mol. The highest BCUT2D eigenvalue weighted by Gasteiger charge is 2.23. The van der Waals surface area contributed by atoms with E-state index in [2.05, 4.69) is 5.32 Å². The molecule has 1 fully saturated rings. The fraction of sp³-hybridized carbons (Fsp3) is 0.533. The summed E-state index contributed by atoms with van der Waals surface area (Å²) in [7, 11) is 0. The van der Waals surface area contributed by atoms with Gasteiger partial charge < -0.3 is 10.2 Å². The Labute approximate surface area is 140 Å². The highest BCUT2D eigenvalue weighted by atomic mass is 35.5. The second-order valence-corrected chi connectivity index (χ2v) is 6.39. The van der Waals surface area contributed by atoms with Gasteiger partial charge >= 0.3 is 0 Å². The molecule has 1 aliphatic heterocycles. The van der Waals surface area contributed by atoms with Crippen LogP contribution in [-0.2, 0) is 4.79 Å². The number of carbonyl (C=O) groups is 1. The Morgan fingerprint density at radius 1 is 1.24 bits per heavy atom. The number of nitrogens with one attached hydrogen (secondary N) is 1. The standard InChI is InChI=1S/C15H19Cl3N2O/c1-2-20(12-4-3-11(16)14(17)15(12)18)13(21)9-10-5-7-19-8-6-10/h3-4,10,19H,2,5-9H2,1H3. The van der Waals surface area contributed by atoms with Crippen molar-refractivity contribution in [3.63, 3.8) is 0 Å². The molecule has 0 aromatic heterocycles. The molecular formula is C15H19Cl3N2O. The van der Waals surface area contributed by atoms with Crippen LogP contribution in [0.5, 0.6) is 0 Å². The lowest BCUT2D eigenvalue weighted by molar-refractivity contribution is -0.119. The molecular weight excluding hydrogens is 331 g/mol. The second-order valence-electron chi connectivity index (χ2n) is 5.23. The van der Waals surface area contributed by atoms with Gasteiger partial charge in [-0.2, -0.15) is 0 Å². The fourth-order valence-corrected chi connectivity index (χ4v) is 3.28. The summed E-state index contributed by atoms with van der Waals surface area (Å²) in [5, 5.41) is 4.34. The van der Waals surface area contributed by atoms with E-state index in [1.807, 2.05) is 6.92 Å². The summed E-state index contributed by atoms with van der Waals surface area (Å²) < 4.78 is 0. The van der Waals surface area contributed by atoms with Crippen molar-refractivity contribution >= 4 is 46.4 Å². The third-order valence-corrected chi connectivity index (χ3v) is 5.13. The molecule has 0 bridgehead atoms. The van der Waals surface area contributed by atoms with E-state index < -0.39 is 0 Å². The molecule has 0 saturated carbocycles. The number of carbonyl (C=O) groups excluding carboxylic acids is 1. The number of benzene rings is 1. The molecule has 2 rings (SSSR count). The first kappa shape index (κ1) is 16.9. The SMILES string of the molecule is CCN(C(=O)CC1CCNCC1)c1ccc(Cl)c(Cl)c1Cl. The van der Waals surface area contributed by atoms with Gasteiger partial charge in [-0.1, -0.05) is 34.8 Å². The molecule has 0 spiro atoms. The quantitative estimate of drug-likeness (QED) is 0.818. The number of anilines is 1. The third kappa shape index (κ3) is 4.04. The number of rotatable bonds is 4. The maximum Gasteiger partial charge on any atom is 0.227 e. The van der Waals surface area contributed by atoms with Crippen molar-refractivity contribution in [1.29, 1.82) is 0 Å². The van der Waals surface area contributed by atoms with Crippen molar-refractivity contribution in [3.8, 4) is 0 Å². The van der Waals surface area contributed by atoms with E-state index in [4.69, 9.17) is 34.8 Å². The molecule has 1 amide bonds. The van der Waals surface area contributed by atoms with Crippen LogP contribution in [-0.4, -0.2) is 25.5 Å². The van der Waals surface area contributed by atoms with Gasteiger partial charge in [-0.3, -0.25) is 4.79 Å². The van der Waals surface area contributed by atoms with Gasteiger partial charge in [0.1, 0.15) is 0 Å². The van der Waals surface area contributed by atoms with Crippen molar-refractivity contribution in [1.82, 2.24) is 5.32 Å². The summed E-state index contributed by atoms with van der Waals surface area (Å²) in [4.78, 5) is 14.2. The topological polar surface area (TPSA) is 32.3 Å². The molecule has 1 aromatic carbocycles. The molecule has 1 saturated heterocycles. The minimum Gasteiger partial charge on any atom is -0.317 e. The van der Waals surface area contributed by atoms with E-state index in [9.17, 15) is 4.79 Å². The van der Waals surface area contributed by atoms with Crippen LogP contribution in [0.1, 0.15) is 26.2 Å². The van der Waals surface area contributed by atoms with Crippen LogP contribution in [0.2, 0.25) is 15.1 Å². The molecule has 3 nitrogen and oxygen atoms in total. The second kappa shape index (κ2) is 7.68. The van der Waals surface area contributed by atoms with E-state index >= 15 is 0 Å². The van der Waals surface area contributed by atoms with Gasteiger partial charge in [0.2, 0.25) is 5.91 Å². The summed E-state index contributed by atoms with van der Waals surface area (Å²) in [6.07, 6.45) is 2.63. The third-order valence-electron chi connectivity index (χ3n) is 3.84. The summed E-state index contributed by atoms with van der Waals surface area (Å²) >= 11 is 18.3. The van der Waals surface area contributed by atoms with Crippen LogP contribution >= 0.6 is 34.8 Å². The Bertz CT molecular complexity index is 516. The molecule has 1 aromatic rings. The largest absolute Gasteiger partial charge is 0.317 e. The minimum absolute atomic E-state index is 0.0877. The molecule has 0 unspecified atom stereocenters. The van der Waals surface area contributed by atoms with Crippen LogP contribution in [0.25, 0.3) is 0 Å². The van der Waals surface area contributed by atoms with Gasteiger partial charge in [-0.15, -0.1) is 0 Å². The lowest BCUT2D eigenvalue weighted by atomic mass is 9.94. The highest BCUT2D eigenvalue weighted by Crippen LogP contribution is 2.38. The van der Waals surface area contributed by atoms with Gasteiger partial charge in [0.25, 0.3) is 0 Å². The number of amides is 1. The lowest BCUT2D eigenvalue weighted by Crippen LogP contribution is -2.35. The highest BCUT2D eigenvalue weighted by molar-refractivity contribution is 6.49. The van der Waals surface area contributed by atoms with E-state index in [-0.39, 0.29) is 5.91 Å². The minimum atomic E-state index is 0.0877. The van der Waals surface area contributed by atoms with Crippen LogP contribution in [0.15, 0.2) is 12.1 Å². The van der Waals surface area contributed by atoms with E-state index in [1.54, 1.807) is 17.0 Å². The predicted octanol–water partition coefficient (Wildman–Crippen LogP) is 4.39. The number of hydrogen-bond donors (Lipinski definition) is 1. The molecule has 21 heavy (non-hydrogen) atoms. The Morgan fingerprint density at radius 2 is 1.90 bits per heavy atom. The Kier molecular flexibility index (Phi) is 6.18. The van der Waals surface area contributed by atoms with Crippen LogP contribution in [0.3, 0.4) is 0 Å². The molecule has 1 aliphatic rings. The van der Waals surface area contributed by atoms with E-state index in [0.717, 1.165) is 25.9 Å². The number of halogens is 3.